The molecule has 3 heteroatoms. The van der Waals surface area contributed by atoms with Crippen LogP contribution in [0.3, 0.4) is 0 Å². The fraction of sp³-hybridized carbons (Fsp3) is 0.588. The maximum atomic E-state index is 10.9. The van der Waals surface area contributed by atoms with Crippen LogP contribution in [0, 0.1) is 6.92 Å². The SMILES string of the molecule is Cc1cc(O)c(C2(N=C=O)CCCC2)c2c1CCCC2. The Bertz CT molecular complexity index is 579. The summed E-state index contributed by atoms with van der Waals surface area (Å²) in [7, 11) is 0. The maximum Gasteiger partial charge on any atom is 0.235 e. The van der Waals surface area contributed by atoms with Gasteiger partial charge in [-0.2, -0.15) is 4.99 Å². The van der Waals surface area contributed by atoms with Gasteiger partial charge < -0.3 is 5.11 Å². The number of aromatic hydroxyl groups is 1. The Hall–Kier alpha value is -1.60. The Morgan fingerprint density at radius 2 is 1.80 bits per heavy atom. The molecule has 106 valence electrons. The number of aryl methyl sites for hydroxylation is 1. The maximum absolute atomic E-state index is 10.9. The summed E-state index contributed by atoms with van der Waals surface area (Å²) < 4.78 is 0. The smallest absolute Gasteiger partial charge is 0.235 e. The van der Waals surface area contributed by atoms with E-state index in [4.69, 9.17) is 0 Å². The van der Waals surface area contributed by atoms with Crippen molar-refractivity contribution in [1.82, 2.24) is 0 Å². The Morgan fingerprint density at radius 1 is 1.15 bits per heavy atom. The first-order chi connectivity index (χ1) is 9.68. The van der Waals surface area contributed by atoms with Crippen LogP contribution < -0.4 is 0 Å². The lowest BCUT2D eigenvalue weighted by molar-refractivity contribution is 0.402. The van der Waals surface area contributed by atoms with Crippen molar-refractivity contribution in [3.63, 3.8) is 0 Å². The molecule has 0 unspecified atom stereocenters. The summed E-state index contributed by atoms with van der Waals surface area (Å²) in [4.78, 5) is 15.1. The second-order valence-electron chi connectivity index (χ2n) is 6.19. The highest BCUT2D eigenvalue weighted by molar-refractivity contribution is 5.55. The van der Waals surface area contributed by atoms with E-state index in [0.29, 0.717) is 5.75 Å². The minimum absolute atomic E-state index is 0.323. The summed E-state index contributed by atoms with van der Waals surface area (Å²) in [6.45, 7) is 2.07. The van der Waals surface area contributed by atoms with Gasteiger partial charge >= 0.3 is 0 Å². The van der Waals surface area contributed by atoms with Crippen molar-refractivity contribution in [2.24, 2.45) is 4.99 Å². The van der Waals surface area contributed by atoms with Crippen molar-refractivity contribution >= 4 is 6.08 Å². The second-order valence-corrected chi connectivity index (χ2v) is 6.19. The molecule has 0 radical (unpaired) electrons. The van der Waals surface area contributed by atoms with Gasteiger partial charge in [0, 0.05) is 5.56 Å². The molecule has 20 heavy (non-hydrogen) atoms. The van der Waals surface area contributed by atoms with Gasteiger partial charge in [-0.15, -0.1) is 0 Å². The molecule has 0 saturated heterocycles. The highest BCUT2D eigenvalue weighted by Gasteiger charge is 2.40. The van der Waals surface area contributed by atoms with Gasteiger partial charge in [0.2, 0.25) is 6.08 Å². The van der Waals surface area contributed by atoms with E-state index in [-0.39, 0.29) is 0 Å². The van der Waals surface area contributed by atoms with Gasteiger partial charge in [0.25, 0.3) is 0 Å². The molecule has 0 aromatic heterocycles. The minimum atomic E-state index is -0.513. The fourth-order valence-electron chi connectivity index (χ4n) is 4.12. The highest BCUT2D eigenvalue weighted by atomic mass is 16.3. The van der Waals surface area contributed by atoms with Crippen molar-refractivity contribution in [3.8, 4) is 5.75 Å². The molecule has 0 spiro atoms. The summed E-state index contributed by atoms with van der Waals surface area (Å²) in [6.07, 6.45) is 10.0. The standard InChI is InChI=1S/C17H21NO2/c1-12-10-15(20)16(14-7-3-2-6-13(12)14)17(18-11-19)8-4-5-9-17/h10,20H,2-9H2,1H3. The van der Waals surface area contributed by atoms with E-state index >= 15 is 0 Å². The number of carbonyl (C=O) groups excluding carboxylic acids is 1. The first-order valence-corrected chi connectivity index (χ1v) is 7.62. The Morgan fingerprint density at radius 3 is 2.45 bits per heavy atom. The number of phenolic OH excluding ortho intramolecular Hbond substituents is 1. The lowest BCUT2D eigenvalue weighted by atomic mass is 9.77. The van der Waals surface area contributed by atoms with Crippen LogP contribution in [0.25, 0.3) is 0 Å². The summed E-state index contributed by atoms with van der Waals surface area (Å²) in [5, 5.41) is 10.5. The van der Waals surface area contributed by atoms with Crippen LogP contribution in [0.1, 0.15) is 60.8 Å². The molecule has 0 bridgehead atoms. The van der Waals surface area contributed by atoms with Crippen molar-refractivity contribution < 1.29 is 9.90 Å². The summed E-state index contributed by atoms with van der Waals surface area (Å²) >= 11 is 0. The number of benzene rings is 1. The predicted octanol–water partition coefficient (Wildman–Crippen LogP) is 3.68. The third-order valence-electron chi connectivity index (χ3n) is 5.01. The van der Waals surface area contributed by atoms with E-state index in [1.54, 1.807) is 6.08 Å². The molecule has 0 atom stereocenters. The molecule has 1 saturated carbocycles. The third-order valence-corrected chi connectivity index (χ3v) is 5.01. The molecular formula is C17H21NO2. The lowest BCUT2D eigenvalue weighted by Crippen LogP contribution is -2.24. The van der Waals surface area contributed by atoms with E-state index in [0.717, 1.165) is 50.5 Å². The monoisotopic (exact) mass is 271 g/mol. The van der Waals surface area contributed by atoms with Crippen molar-refractivity contribution in [1.29, 1.82) is 0 Å². The van der Waals surface area contributed by atoms with Crippen molar-refractivity contribution in [2.75, 3.05) is 0 Å². The van der Waals surface area contributed by atoms with E-state index in [2.05, 4.69) is 11.9 Å². The average molecular weight is 271 g/mol. The number of nitrogens with zero attached hydrogens (tertiary/aromatic N) is 1. The van der Waals surface area contributed by atoms with Gasteiger partial charge in [0.15, 0.2) is 0 Å². The second kappa shape index (κ2) is 5.06. The Kier molecular flexibility index (Phi) is 3.39. The number of fused-ring (bicyclic) bond motifs is 1. The van der Waals surface area contributed by atoms with Gasteiger partial charge in [-0.05, 0) is 68.2 Å². The molecule has 0 amide bonds. The molecule has 2 aliphatic rings. The number of hydrogen-bond acceptors (Lipinski definition) is 3. The molecule has 3 nitrogen and oxygen atoms in total. The average Bonchev–Trinajstić information content (AvgIpc) is 2.88. The highest BCUT2D eigenvalue weighted by Crippen LogP contribution is 2.49. The topological polar surface area (TPSA) is 49.7 Å². The third kappa shape index (κ3) is 1.97. The van der Waals surface area contributed by atoms with Gasteiger partial charge in [-0.3, -0.25) is 0 Å². The normalized spacial score (nSPS) is 20.2. The van der Waals surface area contributed by atoms with Crippen LogP contribution >= 0.6 is 0 Å². The molecule has 1 N–H and O–H groups in total. The van der Waals surface area contributed by atoms with Crippen LogP contribution in [0.15, 0.2) is 11.1 Å². The van der Waals surface area contributed by atoms with E-state index in [9.17, 15) is 9.90 Å². The zero-order valence-corrected chi connectivity index (χ0v) is 12.0. The van der Waals surface area contributed by atoms with Crippen molar-refractivity contribution in [2.45, 2.75) is 63.8 Å². The number of aliphatic imine (C=N–C) groups is 1. The zero-order valence-electron chi connectivity index (χ0n) is 12.0. The van der Waals surface area contributed by atoms with E-state index in [1.807, 2.05) is 6.07 Å². The molecular weight excluding hydrogens is 250 g/mol. The minimum Gasteiger partial charge on any atom is -0.508 e. The van der Waals surface area contributed by atoms with Crippen LogP contribution in [0.5, 0.6) is 5.75 Å². The zero-order chi connectivity index (χ0) is 14.2. The quantitative estimate of drug-likeness (QED) is 0.659. The largest absolute Gasteiger partial charge is 0.508 e. The molecule has 0 aliphatic heterocycles. The van der Waals surface area contributed by atoms with E-state index in [1.165, 1.54) is 23.1 Å². The number of rotatable bonds is 2. The van der Waals surface area contributed by atoms with E-state index < -0.39 is 5.54 Å². The predicted molar refractivity (Wildman–Crippen MR) is 77.8 cm³/mol. The lowest BCUT2D eigenvalue weighted by Gasteiger charge is -2.31. The molecule has 1 aromatic carbocycles. The molecule has 0 heterocycles. The van der Waals surface area contributed by atoms with Gasteiger partial charge in [0.1, 0.15) is 11.3 Å². The van der Waals surface area contributed by atoms with Crippen molar-refractivity contribution in [3.05, 3.63) is 28.3 Å². The first kappa shape index (κ1) is 13.4. The molecule has 3 rings (SSSR count). The first-order valence-electron chi connectivity index (χ1n) is 7.62. The molecule has 1 fully saturated rings. The summed E-state index contributed by atoms with van der Waals surface area (Å²) in [5.41, 5.74) is 4.22. The molecule has 1 aromatic rings. The fourth-order valence-corrected chi connectivity index (χ4v) is 4.12. The van der Waals surface area contributed by atoms with Gasteiger partial charge in [0.05, 0.1) is 0 Å². The van der Waals surface area contributed by atoms with Gasteiger partial charge in [-0.25, -0.2) is 4.79 Å². The summed E-state index contributed by atoms with van der Waals surface area (Å²) in [6, 6.07) is 1.86. The Labute approximate surface area is 119 Å². The van der Waals surface area contributed by atoms with Crippen LogP contribution in [-0.4, -0.2) is 11.2 Å². The van der Waals surface area contributed by atoms with Crippen LogP contribution in [0.4, 0.5) is 0 Å². The number of phenols is 1. The number of hydrogen-bond donors (Lipinski definition) is 1. The molecule has 2 aliphatic carbocycles. The summed E-state index contributed by atoms with van der Waals surface area (Å²) in [5.74, 6) is 0.323. The Balaban J connectivity index is 2.24. The van der Waals surface area contributed by atoms with Gasteiger partial charge in [-0.1, -0.05) is 12.8 Å². The number of isocyanates is 1. The van der Waals surface area contributed by atoms with Crippen LogP contribution in [-0.2, 0) is 23.2 Å². The van der Waals surface area contributed by atoms with Crippen LogP contribution in [0.2, 0.25) is 0 Å².